The van der Waals surface area contributed by atoms with Crippen molar-refractivity contribution < 1.29 is 9.18 Å². The van der Waals surface area contributed by atoms with Gasteiger partial charge in [-0.3, -0.25) is 5.32 Å². The minimum atomic E-state index is -0.289. The van der Waals surface area contributed by atoms with Gasteiger partial charge in [0.2, 0.25) is 0 Å². The number of rotatable bonds is 4. The van der Waals surface area contributed by atoms with E-state index in [0.29, 0.717) is 35.3 Å². The lowest BCUT2D eigenvalue weighted by molar-refractivity contribution is 0.130. The lowest BCUT2D eigenvalue weighted by Crippen LogP contribution is -2.52. The lowest BCUT2D eigenvalue weighted by Gasteiger charge is -2.38. The largest absolute Gasteiger partial charge is 0.396 e. The second kappa shape index (κ2) is 7.51. The van der Waals surface area contributed by atoms with Crippen LogP contribution in [0.3, 0.4) is 0 Å². The number of nitrogen functional groups attached to an aromatic ring is 1. The van der Waals surface area contributed by atoms with Gasteiger partial charge >= 0.3 is 6.03 Å². The third kappa shape index (κ3) is 3.94. The first-order valence-corrected chi connectivity index (χ1v) is 9.65. The standard InChI is InChI=1S/C19H19FN6OS/c1-11-7-22-17(23-8-11)6-12-9-26(10-12)19(27)25-18-13(21)2-3-14(24-18)15-4-5-16(20)28-15/h2-5,7-8,12H,6,9-10,21H2,1H3,(H,24,25,27). The molecule has 0 unspecified atom stereocenters. The van der Waals surface area contributed by atoms with Crippen molar-refractivity contribution >= 4 is 28.9 Å². The molecule has 3 aromatic rings. The molecule has 3 N–H and O–H groups in total. The summed E-state index contributed by atoms with van der Waals surface area (Å²) < 4.78 is 13.3. The van der Waals surface area contributed by atoms with Crippen molar-refractivity contribution in [3.63, 3.8) is 0 Å². The summed E-state index contributed by atoms with van der Waals surface area (Å²) in [6.45, 7) is 3.19. The van der Waals surface area contributed by atoms with Crippen LogP contribution in [-0.2, 0) is 6.42 Å². The topological polar surface area (TPSA) is 97.0 Å². The fourth-order valence-corrected chi connectivity index (χ4v) is 3.69. The Morgan fingerprint density at radius 3 is 2.71 bits per heavy atom. The van der Waals surface area contributed by atoms with Crippen molar-refractivity contribution in [2.75, 3.05) is 24.1 Å². The number of nitrogens with two attached hydrogens (primary N) is 1. The molecule has 1 aliphatic rings. The summed E-state index contributed by atoms with van der Waals surface area (Å²) >= 11 is 0.993. The maximum absolute atomic E-state index is 13.3. The molecular weight excluding hydrogens is 379 g/mol. The first kappa shape index (κ1) is 18.3. The Kier molecular flexibility index (Phi) is 4.91. The Hall–Kier alpha value is -3.07. The van der Waals surface area contributed by atoms with Gasteiger partial charge < -0.3 is 10.6 Å². The molecule has 0 aliphatic carbocycles. The van der Waals surface area contributed by atoms with E-state index in [0.717, 1.165) is 29.1 Å². The highest BCUT2D eigenvalue weighted by Gasteiger charge is 2.31. The van der Waals surface area contributed by atoms with Crippen LogP contribution in [0.15, 0.2) is 36.7 Å². The van der Waals surface area contributed by atoms with E-state index >= 15 is 0 Å². The number of thiophene rings is 1. The monoisotopic (exact) mass is 398 g/mol. The first-order chi connectivity index (χ1) is 13.5. The van der Waals surface area contributed by atoms with Crippen molar-refractivity contribution in [2.24, 2.45) is 5.92 Å². The Morgan fingerprint density at radius 2 is 2.04 bits per heavy atom. The number of anilines is 2. The number of nitrogens with one attached hydrogen (secondary N) is 1. The molecule has 9 heteroatoms. The number of carbonyl (C=O) groups is 1. The maximum Gasteiger partial charge on any atom is 0.323 e. The predicted octanol–water partition coefficient (Wildman–Crippen LogP) is 3.34. The molecule has 144 valence electrons. The number of hydrogen-bond acceptors (Lipinski definition) is 6. The van der Waals surface area contributed by atoms with Crippen LogP contribution >= 0.6 is 11.3 Å². The summed E-state index contributed by atoms with van der Waals surface area (Å²) in [7, 11) is 0. The molecule has 0 spiro atoms. The fraction of sp³-hybridized carbons (Fsp3) is 0.263. The molecule has 1 aliphatic heterocycles. The highest BCUT2D eigenvalue weighted by molar-refractivity contribution is 7.13. The minimum Gasteiger partial charge on any atom is -0.396 e. The second-order valence-corrected chi connectivity index (χ2v) is 7.85. The number of nitrogens with zero attached hydrogens (tertiary/aromatic N) is 4. The number of pyridine rings is 1. The summed E-state index contributed by atoms with van der Waals surface area (Å²) in [6.07, 6.45) is 4.34. The Bertz CT molecular complexity index is 1000. The zero-order valence-electron chi connectivity index (χ0n) is 15.2. The third-order valence-corrected chi connectivity index (χ3v) is 5.42. The van der Waals surface area contributed by atoms with Gasteiger partial charge in [-0.1, -0.05) is 0 Å². The van der Waals surface area contributed by atoms with Crippen molar-refractivity contribution in [3.8, 4) is 10.6 Å². The molecule has 4 heterocycles. The van der Waals surface area contributed by atoms with Crippen molar-refractivity contribution in [1.29, 1.82) is 0 Å². The van der Waals surface area contributed by atoms with Crippen LogP contribution < -0.4 is 11.1 Å². The maximum atomic E-state index is 13.3. The zero-order valence-corrected chi connectivity index (χ0v) is 16.0. The van der Waals surface area contributed by atoms with Crippen molar-refractivity contribution in [1.82, 2.24) is 19.9 Å². The number of aromatic nitrogens is 3. The van der Waals surface area contributed by atoms with E-state index in [4.69, 9.17) is 5.73 Å². The Morgan fingerprint density at radius 1 is 1.29 bits per heavy atom. The predicted molar refractivity (Wildman–Crippen MR) is 106 cm³/mol. The molecule has 1 saturated heterocycles. The molecule has 3 aromatic heterocycles. The van der Waals surface area contributed by atoms with Crippen LogP contribution in [0.1, 0.15) is 11.4 Å². The van der Waals surface area contributed by atoms with E-state index in [1.165, 1.54) is 6.07 Å². The van der Waals surface area contributed by atoms with Crippen LogP contribution in [0, 0.1) is 18.0 Å². The molecular formula is C19H19FN6OS. The zero-order chi connectivity index (χ0) is 19.7. The van der Waals surface area contributed by atoms with Gasteiger partial charge in [0.1, 0.15) is 5.82 Å². The smallest absolute Gasteiger partial charge is 0.323 e. The molecule has 4 rings (SSSR count). The van der Waals surface area contributed by atoms with Gasteiger partial charge in [-0.25, -0.2) is 19.7 Å². The molecule has 0 aromatic carbocycles. The molecule has 1 fully saturated rings. The molecule has 2 amide bonds. The fourth-order valence-electron chi connectivity index (χ4n) is 2.99. The van der Waals surface area contributed by atoms with E-state index in [-0.39, 0.29) is 17.0 Å². The van der Waals surface area contributed by atoms with Crippen LogP contribution in [0.5, 0.6) is 0 Å². The summed E-state index contributed by atoms with van der Waals surface area (Å²) in [5.41, 5.74) is 7.89. The Balaban J connectivity index is 1.36. The summed E-state index contributed by atoms with van der Waals surface area (Å²) in [5.74, 6) is 1.40. The van der Waals surface area contributed by atoms with E-state index < -0.39 is 0 Å². The number of halogens is 1. The molecule has 0 radical (unpaired) electrons. The van der Waals surface area contributed by atoms with E-state index in [1.807, 2.05) is 6.92 Å². The number of carbonyl (C=O) groups excluding carboxylic acids is 1. The Labute approximate surface area is 165 Å². The third-order valence-electron chi connectivity index (χ3n) is 4.53. The normalized spacial score (nSPS) is 14.0. The van der Waals surface area contributed by atoms with Gasteiger partial charge in [0.15, 0.2) is 10.9 Å². The average Bonchev–Trinajstić information content (AvgIpc) is 3.07. The van der Waals surface area contributed by atoms with Gasteiger partial charge in [-0.2, -0.15) is 4.39 Å². The molecule has 0 atom stereocenters. The average molecular weight is 398 g/mol. The molecule has 7 nitrogen and oxygen atoms in total. The SMILES string of the molecule is Cc1cnc(CC2CN(C(=O)Nc3nc(-c4ccc(F)s4)ccc3N)C2)nc1. The van der Waals surface area contributed by atoms with Crippen LogP contribution in [0.4, 0.5) is 20.7 Å². The van der Waals surface area contributed by atoms with Crippen molar-refractivity contribution in [2.45, 2.75) is 13.3 Å². The van der Waals surface area contributed by atoms with Crippen LogP contribution in [0.2, 0.25) is 0 Å². The van der Waals surface area contributed by atoms with Gasteiger partial charge in [0, 0.05) is 37.8 Å². The number of aryl methyl sites for hydroxylation is 1. The van der Waals surface area contributed by atoms with Gasteiger partial charge in [-0.05, 0) is 36.8 Å². The van der Waals surface area contributed by atoms with Crippen molar-refractivity contribution in [3.05, 3.63) is 53.2 Å². The highest BCUT2D eigenvalue weighted by atomic mass is 32.1. The summed E-state index contributed by atoms with van der Waals surface area (Å²) in [4.78, 5) is 27.8. The quantitative estimate of drug-likeness (QED) is 0.703. The molecule has 0 saturated carbocycles. The highest BCUT2D eigenvalue weighted by Crippen LogP contribution is 2.29. The lowest BCUT2D eigenvalue weighted by atomic mass is 9.96. The van der Waals surface area contributed by atoms with Gasteiger partial charge in [-0.15, -0.1) is 11.3 Å². The second-order valence-electron chi connectivity index (χ2n) is 6.82. The summed E-state index contributed by atoms with van der Waals surface area (Å²) in [5, 5.41) is 2.46. The van der Waals surface area contributed by atoms with Crippen LogP contribution in [-0.4, -0.2) is 39.0 Å². The minimum absolute atomic E-state index is 0.255. The van der Waals surface area contributed by atoms with Gasteiger partial charge in [0.05, 0.1) is 16.3 Å². The van der Waals surface area contributed by atoms with Crippen LogP contribution in [0.25, 0.3) is 10.6 Å². The number of urea groups is 1. The van der Waals surface area contributed by atoms with Gasteiger partial charge in [0.25, 0.3) is 0 Å². The first-order valence-electron chi connectivity index (χ1n) is 8.83. The summed E-state index contributed by atoms with van der Waals surface area (Å²) in [6, 6.07) is 6.14. The number of amides is 2. The van der Waals surface area contributed by atoms with E-state index in [9.17, 15) is 9.18 Å². The number of hydrogen-bond donors (Lipinski definition) is 2. The van der Waals surface area contributed by atoms with E-state index in [2.05, 4.69) is 20.3 Å². The number of likely N-dealkylation sites (tertiary alicyclic amines) is 1. The molecule has 28 heavy (non-hydrogen) atoms. The molecule has 0 bridgehead atoms. The van der Waals surface area contributed by atoms with E-state index in [1.54, 1.807) is 35.5 Å².